The van der Waals surface area contributed by atoms with E-state index in [4.69, 9.17) is 21.7 Å². The summed E-state index contributed by atoms with van der Waals surface area (Å²) in [7, 11) is 1.51. The van der Waals surface area contributed by atoms with Gasteiger partial charge in [0.1, 0.15) is 17.1 Å². The summed E-state index contributed by atoms with van der Waals surface area (Å²) in [6, 6.07) is 4.15. The lowest BCUT2D eigenvalue weighted by molar-refractivity contribution is -0.173. The number of aromatic nitrogens is 2. The molecule has 0 bridgehead atoms. The first kappa shape index (κ1) is 24.1. The summed E-state index contributed by atoms with van der Waals surface area (Å²) in [5.41, 5.74) is 5.56. The summed E-state index contributed by atoms with van der Waals surface area (Å²) in [5, 5.41) is 10.0. The predicted molar refractivity (Wildman–Crippen MR) is 121 cm³/mol. The molecular formula is C21H25F3N6O3S. The maximum absolute atomic E-state index is 13.8. The molecule has 184 valence electrons. The van der Waals surface area contributed by atoms with Crippen molar-refractivity contribution in [3.8, 4) is 5.75 Å². The van der Waals surface area contributed by atoms with Crippen LogP contribution in [0.5, 0.6) is 5.75 Å². The molecule has 2 aromatic rings. The molecule has 2 aliphatic rings. The van der Waals surface area contributed by atoms with Gasteiger partial charge in [0.05, 0.1) is 25.5 Å². The number of alkyl halides is 3. The van der Waals surface area contributed by atoms with Crippen LogP contribution in [0.3, 0.4) is 0 Å². The van der Waals surface area contributed by atoms with Crippen LogP contribution in [0.15, 0.2) is 30.5 Å². The maximum Gasteiger partial charge on any atom is 0.410 e. The molecule has 3 heterocycles. The number of carbonyl (C=O) groups is 1. The average molecular weight is 499 g/mol. The highest BCUT2D eigenvalue weighted by atomic mass is 32.1. The van der Waals surface area contributed by atoms with Crippen molar-refractivity contribution >= 4 is 29.1 Å². The zero-order valence-electron chi connectivity index (χ0n) is 18.3. The molecule has 13 heteroatoms. The number of hydrogen-bond acceptors (Lipinski definition) is 6. The van der Waals surface area contributed by atoms with E-state index in [1.54, 1.807) is 24.3 Å². The second kappa shape index (κ2) is 10.1. The lowest BCUT2D eigenvalue weighted by Gasteiger charge is -2.34. The Morgan fingerprint density at radius 3 is 2.74 bits per heavy atom. The topological polar surface area (TPSA) is 101 Å². The van der Waals surface area contributed by atoms with Crippen molar-refractivity contribution < 1.29 is 27.4 Å². The van der Waals surface area contributed by atoms with E-state index in [-0.39, 0.29) is 29.0 Å². The fourth-order valence-corrected chi connectivity index (χ4v) is 4.15. The van der Waals surface area contributed by atoms with Gasteiger partial charge in [-0.25, -0.2) is 4.68 Å². The molecule has 1 amide bonds. The average Bonchev–Trinajstić information content (AvgIpc) is 3.50. The van der Waals surface area contributed by atoms with Gasteiger partial charge >= 0.3 is 6.18 Å². The highest BCUT2D eigenvalue weighted by Crippen LogP contribution is 2.44. The second-order valence-electron chi connectivity index (χ2n) is 8.04. The molecule has 2 aliphatic heterocycles. The molecule has 1 fully saturated rings. The van der Waals surface area contributed by atoms with Crippen LogP contribution in [0.2, 0.25) is 0 Å². The number of methoxy groups -OCH3 is 1. The van der Waals surface area contributed by atoms with E-state index in [1.807, 2.05) is 0 Å². The molecule has 3 atom stereocenters. The molecule has 0 radical (unpaired) electrons. The van der Waals surface area contributed by atoms with Crippen LogP contribution in [0.4, 0.5) is 19.0 Å². The summed E-state index contributed by atoms with van der Waals surface area (Å²) < 4.78 is 53.0. The first-order valence-corrected chi connectivity index (χ1v) is 11.2. The lowest BCUT2D eigenvalue weighted by Crippen LogP contribution is -2.48. The Balaban J connectivity index is 1.47. The second-order valence-corrected chi connectivity index (χ2v) is 8.45. The third-order valence-corrected chi connectivity index (χ3v) is 6.05. The van der Waals surface area contributed by atoms with Crippen LogP contribution < -0.4 is 26.2 Å². The Morgan fingerprint density at radius 1 is 1.32 bits per heavy atom. The number of anilines is 1. The fourth-order valence-electron chi connectivity index (χ4n) is 4.02. The molecule has 4 N–H and O–H groups in total. The van der Waals surface area contributed by atoms with Crippen molar-refractivity contribution in [2.24, 2.45) is 0 Å². The van der Waals surface area contributed by atoms with E-state index < -0.39 is 24.2 Å². The van der Waals surface area contributed by atoms with Crippen LogP contribution in [0.1, 0.15) is 47.3 Å². The van der Waals surface area contributed by atoms with Gasteiger partial charge in [-0.1, -0.05) is 12.1 Å². The number of carbonyl (C=O) groups excluding carboxylic acids is 1. The van der Waals surface area contributed by atoms with E-state index >= 15 is 0 Å². The van der Waals surface area contributed by atoms with Crippen molar-refractivity contribution in [3.63, 3.8) is 0 Å². The van der Waals surface area contributed by atoms with Crippen molar-refractivity contribution in [3.05, 3.63) is 41.6 Å². The van der Waals surface area contributed by atoms with Crippen molar-refractivity contribution in [1.29, 1.82) is 0 Å². The standard InChI is InChI=1S/C21H25F3N6O3S/c1-32-13-6-4-12(5-7-13)16-9-17(21(22,23)24)30-18(27-16)15(11-26-30)19(31)28-29-20(34)25-10-14-3-2-8-33-14/h4-7,11,14,16-17,27H,2-3,8-10H2,1H3,(H,28,31)(H2,25,29,34)/t14-,16-,17+/m0/s1. The lowest BCUT2D eigenvalue weighted by atomic mass is 9.96. The molecule has 0 aliphatic carbocycles. The largest absolute Gasteiger partial charge is 0.497 e. The Hall–Kier alpha value is -3.06. The number of hydrazine groups is 1. The van der Waals surface area contributed by atoms with Crippen molar-refractivity contribution in [2.45, 2.75) is 43.6 Å². The molecule has 1 saturated heterocycles. The summed E-state index contributed by atoms with van der Waals surface area (Å²) in [5.74, 6) is -0.106. The monoisotopic (exact) mass is 498 g/mol. The molecule has 34 heavy (non-hydrogen) atoms. The summed E-state index contributed by atoms with van der Waals surface area (Å²) in [4.78, 5) is 12.7. The van der Waals surface area contributed by atoms with Gasteiger partial charge in [-0.2, -0.15) is 18.3 Å². The zero-order chi connectivity index (χ0) is 24.3. The molecule has 0 spiro atoms. The Bertz CT molecular complexity index is 1020. The third-order valence-electron chi connectivity index (χ3n) is 5.81. The Morgan fingerprint density at radius 2 is 2.09 bits per heavy atom. The predicted octanol–water partition coefficient (Wildman–Crippen LogP) is 2.84. The van der Waals surface area contributed by atoms with Crippen LogP contribution in [-0.2, 0) is 4.74 Å². The van der Waals surface area contributed by atoms with E-state index in [2.05, 4.69) is 26.6 Å². The number of benzene rings is 1. The highest BCUT2D eigenvalue weighted by molar-refractivity contribution is 7.80. The third kappa shape index (κ3) is 5.36. The van der Waals surface area contributed by atoms with Crippen LogP contribution >= 0.6 is 12.2 Å². The van der Waals surface area contributed by atoms with Crippen LogP contribution in [0, 0.1) is 0 Å². The summed E-state index contributed by atoms with van der Waals surface area (Å²) in [6.45, 7) is 1.20. The molecule has 1 aromatic carbocycles. The Labute approximate surface area is 199 Å². The Kier molecular flexibility index (Phi) is 7.12. The molecule has 0 unspecified atom stereocenters. The molecule has 4 rings (SSSR count). The number of nitrogens with one attached hydrogen (secondary N) is 4. The van der Waals surface area contributed by atoms with Crippen LogP contribution in [-0.4, -0.2) is 53.3 Å². The number of amides is 1. The van der Waals surface area contributed by atoms with Gasteiger partial charge in [-0.05, 0) is 42.8 Å². The molecule has 9 nitrogen and oxygen atoms in total. The first-order valence-electron chi connectivity index (χ1n) is 10.8. The zero-order valence-corrected chi connectivity index (χ0v) is 19.1. The molecular weight excluding hydrogens is 473 g/mol. The fraction of sp³-hybridized carbons (Fsp3) is 0.476. The number of thiocarbonyl (C=S) groups is 1. The minimum Gasteiger partial charge on any atom is -0.497 e. The smallest absolute Gasteiger partial charge is 0.410 e. The van der Waals surface area contributed by atoms with E-state index in [0.717, 1.165) is 23.7 Å². The van der Waals surface area contributed by atoms with Gasteiger partial charge < -0.3 is 20.1 Å². The minimum atomic E-state index is -4.55. The number of ether oxygens (including phenoxy) is 2. The molecule has 1 aromatic heterocycles. The normalized spacial score (nSPS) is 21.8. The summed E-state index contributed by atoms with van der Waals surface area (Å²) >= 11 is 5.14. The van der Waals surface area contributed by atoms with Crippen molar-refractivity contribution in [1.82, 2.24) is 25.9 Å². The quantitative estimate of drug-likeness (QED) is 0.369. The van der Waals surface area contributed by atoms with Gasteiger partial charge in [0, 0.05) is 19.6 Å². The number of rotatable bonds is 5. The van der Waals surface area contributed by atoms with Crippen LogP contribution in [0.25, 0.3) is 0 Å². The number of fused-ring (bicyclic) bond motifs is 1. The van der Waals surface area contributed by atoms with E-state index in [9.17, 15) is 18.0 Å². The highest BCUT2D eigenvalue weighted by Gasteiger charge is 2.47. The first-order chi connectivity index (χ1) is 16.3. The number of nitrogens with zero attached hydrogens (tertiary/aromatic N) is 2. The minimum absolute atomic E-state index is 0.0214. The maximum atomic E-state index is 13.8. The van der Waals surface area contributed by atoms with Crippen molar-refractivity contribution in [2.75, 3.05) is 25.6 Å². The van der Waals surface area contributed by atoms with Gasteiger partial charge in [0.2, 0.25) is 0 Å². The van der Waals surface area contributed by atoms with Gasteiger partial charge in [0.15, 0.2) is 11.2 Å². The molecule has 0 saturated carbocycles. The van der Waals surface area contributed by atoms with E-state index in [0.29, 0.717) is 24.5 Å². The number of hydrogen-bond donors (Lipinski definition) is 4. The van der Waals surface area contributed by atoms with Gasteiger partial charge in [-0.15, -0.1) is 0 Å². The van der Waals surface area contributed by atoms with E-state index in [1.165, 1.54) is 7.11 Å². The summed E-state index contributed by atoms with van der Waals surface area (Å²) in [6.07, 6.45) is -1.76. The number of halogens is 3. The SMILES string of the molecule is COc1ccc([C@@H]2C[C@H](C(F)(F)F)n3ncc(C(=O)NNC(=S)NC[C@@H]4CCCO4)c3N2)cc1. The van der Waals surface area contributed by atoms with Gasteiger partial charge in [-0.3, -0.25) is 15.6 Å². The van der Waals surface area contributed by atoms with Gasteiger partial charge in [0.25, 0.3) is 5.91 Å².